The van der Waals surface area contributed by atoms with E-state index in [1.807, 2.05) is 0 Å². The predicted octanol–water partition coefficient (Wildman–Crippen LogP) is 1.97. The fourth-order valence-electron chi connectivity index (χ4n) is 3.53. The molecule has 0 amide bonds. The maximum Gasteiger partial charge on any atom is 0.146 e. The van der Waals surface area contributed by atoms with Crippen molar-refractivity contribution in [2.24, 2.45) is 5.92 Å². The quantitative estimate of drug-likeness (QED) is 0.852. The van der Waals surface area contributed by atoms with Crippen LogP contribution in [0.2, 0.25) is 0 Å². The fraction of sp³-hybridized carbons (Fsp3) is 0.529. The van der Waals surface area contributed by atoms with E-state index in [4.69, 9.17) is 0 Å². The Balaban J connectivity index is 1.75. The van der Waals surface area contributed by atoms with Crippen LogP contribution in [0.1, 0.15) is 24.8 Å². The van der Waals surface area contributed by atoms with Crippen LogP contribution in [0.4, 0.5) is 5.82 Å². The topological polar surface area (TPSA) is 67.0 Å². The minimum atomic E-state index is -0.0842. The van der Waals surface area contributed by atoms with Crippen LogP contribution in [0.25, 0.3) is 0 Å². The molecule has 22 heavy (non-hydrogen) atoms. The third-order valence-electron chi connectivity index (χ3n) is 4.87. The summed E-state index contributed by atoms with van der Waals surface area (Å²) in [6.07, 6.45) is 4.44. The summed E-state index contributed by atoms with van der Waals surface area (Å²) in [7, 11) is 0. The molecule has 1 aromatic heterocycles. The summed E-state index contributed by atoms with van der Waals surface area (Å²) in [6, 6.07) is 8.12. The summed E-state index contributed by atoms with van der Waals surface area (Å²) in [6.45, 7) is 7.71. The molecule has 3 heterocycles. The number of piperidine rings is 1. The Bertz CT molecular complexity index is 613. The Morgan fingerprint density at radius 2 is 2.05 bits per heavy atom. The number of rotatable bonds is 3. The Morgan fingerprint density at radius 1 is 1.32 bits per heavy atom. The number of likely N-dealkylation sites (tertiary alicyclic amines) is 1. The van der Waals surface area contributed by atoms with Gasteiger partial charge in [0.15, 0.2) is 0 Å². The number of pyridine rings is 1. The number of aromatic nitrogens is 1. The van der Waals surface area contributed by atoms with Gasteiger partial charge in [-0.15, -0.1) is 0 Å². The van der Waals surface area contributed by atoms with Crippen LogP contribution in [0, 0.1) is 35.5 Å². The second kappa shape index (κ2) is 5.94. The first-order chi connectivity index (χ1) is 10.7. The molecule has 5 heteroatoms. The summed E-state index contributed by atoms with van der Waals surface area (Å²) in [5, 5.41) is 18.4. The van der Waals surface area contributed by atoms with Crippen molar-refractivity contribution >= 4 is 5.82 Å². The largest absolute Gasteiger partial charge is 0.352 e. The van der Waals surface area contributed by atoms with Gasteiger partial charge in [-0.3, -0.25) is 4.90 Å². The number of nitrogens with zero attached hydrogens (tertiary/aromatic N) is 5. The zero-order valence-electron chi connectivity index (χ0n) is 12.7. The molecule has 1 aromatic rings. The summed E-state index contributed by atoms with van der Waals surface area (Å²) < 4.78 is 0. The van der Waals surface area contributed by atoms with Gasteiger partial charge < -0.3 is 4.90 Å². The van der Waals surface area contributed by atoms with Gasteiger partial charge in [0.25, 0.3) is 0 Å². The van der Waals surface area contributed by atoms with E-state index in [9.17, 15) is 10.5 Å². The van der Waals surface area contributed by atoms with Gasteiger partial charge in [-0.2, -0.15) is 10.5 Å². The molecule has 0 saturated carbocycles. The minimum absolute atomic E-state index is 0.0842. The second-order valence-electron chi connectivity index (χ2n) is 6.33. The van der Waals surface area contributed by atoms with E-state index in [2.05, 4.69) is 33.8 Å². The van der Waals surface area contributed by atoms with Gasteiger partial charge in [0.05, 0.1) is 23.6 Å². The maximum absolute atomic E-state index is 9.23. The zero-order chi connectivity index (χ0) is 15.6. The van der Waals surface area contributed by atoms with Crippen molar-refractivity contribution in [3.8, 4) is 12.1 Å². The average molecular weight is 294 g/mol. The predicted molar refractivity (Wildman–Crippen MR) is 83.8 cm³/mol. The average Bonchev–Trinajstić information content (AvgIpc) is 2.51. The highest BCUT2D eigenvalue weighted by Crippen LogP contribution is 2.37. The highest BCUT2D eigenvalue weighted by atomic mass is 15.4. The Morgan fingerprint density at radius 3 is 2.68 bits per heavy atom. The molecule has 5 nitrogen and oxygen atoms in total. The lowest BCUT2D eigenvalue weighted by Crippen LogP contribution is -2.71. The molecule has 1 radical (unpaired) electrons. The van der Waals surface area contributed by atoms with Crippen LogP contribution in [0.5, 0.6) is 0 Å². The molecule has 2 aliphatic rings. The SMILES string of the molecule is [CH2]C1CCN(C2(CC#N)CN(c3ncccc3C#N)C2)CC1. The van der Waals surface area contributed by atoms with Crippen LogP contribution < -0.4 is 4.90 Å². The summed E-state index contributed by atoms with van der Waals surface area (Å²) >= 11 is 0. The van der Waals surface area contributed by atoms with Gasteiger partial charge in [0, 0.05) is 19.3 Å². The summed E-state index contributed by atoms with van der Waals surface area (Å²) in [5.41, 5.74) is 0.517. The Kier molecular flexibility index (Phi) is 4.00. The molecule has 0 N–H and O–H groups in total. The fourth-order valence-corrected chi connectivity index (χ4v) is 3.53. The normalized spacial score (nSPS) is 21.7. The van der Waals surface area contributed by atoms with E-state index in [1.54, 1.807) is 18.3 Å². The Hall–Kier alpha value is -2.11. The molecule has 0 unspecified atom stereocenters. The lowest BCUT2D eigenvalue weighted by molar-refractivity contribution is 0.0350. The lowest BCUT2D eigenvalue weighted by atomic mass is 9.82. The van der Waals surface area contributed by atoms with Gasteiger partial charge in [-0.1, -0.05) is 6.92 Å². The van der Waals surface area contributed by atoms with Crippen LogP contribution in [-0.4, -0.2) is 41.6 Å². The number of hydrogen-bond acceptors (Lipinski definition) is 5. The lowest BCUT2D eigenvalue weighted by Gasteiger charge is -2.57. The first-order valence-electron chi connectivity index (χ1n) is 7.74. The molecule has 0 atom stereocenters. The Labute approximate surface area is 131 Å². The third kappa shape index (κ3) is 2.53. The van der Waals surface area contributed by atoms with Gasteiger partial charge in [0.2, 0.25) is 0 Å². The van der Waals surface area contributed by atoms with E-state index in [-0.39, 0.29) is 5.54 Å². The van der Waals surface area contributed by atoms with Crippen molar-refractivity contribution in [2.75, 3.05) is 31.1 Å². The molecule has 2 aliphatic heterocycles. The molecule has 0 aliphatic carbocycles. The second-order valence-corrected chi connectivity index (χ2v) is 6.33. The van der Waals surface area contributed by atoms with Crippen molar-refractivity contribution in [3.63, 3.8) is 0 Å². The van der Waals surface area contributed by atoms with Crippen LogP contribution in [0.3, 0.4) is 0 Å². The maximum atomic E-state index is 9.23. The number of hydrogen-bond donors (Lipinski definition) is 0. The molecule has 113 valence electrons. The number of nitriles is 2. The highest BCUT2D eigenvalue weighted by molar-refractivity contribution is 5.56. The number of anilines is 1. The highest BCUT2D eigenvalue weighted by Gasteiger charge is 2.48. The zero-order valence-corrected chi connectivity index (χ0v) is 12.7. The van der Waals surface area contributed by atoms with Gasteiger partial charge in [-0.25, -0.2) is 4.98 Å². The van der Waals surface area contributed by atoms with Crippen LogP contribution in [-0.2, 0) is 0 Å². The van der Waals surface area contributed by atoms with Gasteiger partial charge >= 0.3 is 0 Å². The first kappa shape index (κ1) is 14.8. The molecule has 0 spiro atoms. The smallest absolute Gasteiger partial charge is 0.146 e. The molecule has 3 rings (SSSR count). The third-order valence-corrected chi connectivity index (χ3v) is 4.87. The van der Waals surface area contributed by atoms with Crippen molar-refractivity contribution in [1.82, 2.24) is 9.88 Å². The van der Waals surface area contributed by atoms with Gasteiger partial charge in [-0.05, 0) is 44.0 Å². The van der Waals surface area contributed by atoms with Crippen molar-refractivity contribution in [3.05, 3.63) is 30.8 Å². The molecule has 2 saturated heterocycles. The summed E-state index contributed by atoms with van der Waals surface area (Å²) in [5.74, 6) is 1.28. The van der Waals surface area contributed by atoms with Crippen LogP contribution >= 0.6 is 0 Å². The van der Waals surface area contributed by atoms with Crippen molar-refractivity contribution in [1.29, 1.82) is 10.5 Å². The molecule has 2 fully saturated rings. The van der Waals surface area contributed by atoms with E-state index in [0.29, 0.717) is 17.9 Å². The molecule has 0 bridgehead atoms. The van der Waals surface area contributed by atoms with E-state index < -0.39 is 0 Å². The van der Waals surface area contributed by atoms with E-state index in [0.717, 1.165) is 44.8 Å². The molecule has 0 aromatic carbocycles. The molecular weight excluding hydrogens is 274 g/mol. The first-order valence-corrected chi connectivity index (χ1v) is 7.74. The van der Waals surface area contributed by atoms with E-state index in [1.165, 1.54) is 0 Å². The van der Waals surface area contributed by atoms with Gasteiger partial charge in [0.1, 0.15) is 11.9 Å². The van der Waals surface area contributed by atoms with Crippen molar-refractivity contribution < 1.29 is 0 Å². The summed E-state index contributed by atoms with van der Waals surface area (Å²) in [4.78, 5) is 8.91. The standard InChI is InChI=1S/C17H20N5/c1-14-4-9-22(10-5-14)17(6-7-18)12-21(13-17)16-15(11-19)3-2-8-20-16/h2-3,8,14H,1,4-6,9-10,12-13H2. The van der Waals surface area contributed by atoms with Crippen LogP contribution in [0.15, 0.2) is 18.3 Å². The van der Waals surface area contributed by atoms with E-state index >= 15 is 0 Å². The van der Waals surface area contributed by atoms with Crippen molar-refractivity contribution in [2.45, 2.75) is 24.8 Å². The minimum Gasteiger partial charge on any atom is -0.352 e. The monoisotopic (exact) mass is 294 g/mol. The molecular formula is C17H20N5.